The van der Waals surface area contributed by atoms with Gasteiger partial charge in [-0.15, -0.1) is 0 Å². The zero-order valence-electron chi connectivity index (χ0n) is 15.4. The van der Waals surface area contributed by atoms with Gasteiger partial charge in [0.25, 0.3) is 17.7 Å². The van der Waals surface area contributed by atoms with Crippen molar-refractivity contribution in [2.45, 2.75) is 26.3 Å². The van der Waals surface area contributed by atoms with Crippen LogP contribution in [0, 0.1) is 0 Å². The van der Waals surface area contributed by atoms with Crippen LogP contribution < -0.4 is 5.32 Å². The molecule has 0 bridgehead atoms. The van der Waals surface area contributed by atoms with Crippen LogP contribution in [-0.4, -0.2) is 33.1 Å². The van der Waals surface area contributed by atoms with E-state index in [1.165, 1.54) is 34.4 Å². The smallest absolute Gasteiger partial charge is 0.262 e. The number of nitrogens with zero attached hydrogens (tertiary/aromatic N) is 2. The Morgan fingerprint density at radius 1 is 1.07 bits per heavy atom. The van der Waals surface area contributed by atoms with Crippen molar-refractivity contribution < 1.29 is 14.4 Å². The number of benzene rings is 2. The van der Waals surface area contributed by atoms with Crippen molar-refractivity contribution in [3.8, 4) is 0 Å². The summed E-state index contributed by atoms with van der Waals surface area (Å²) >= 11 is 7.29. The number of amides is 3. The lowest BCUT2D eigenvalue weighted by Gasteiger charge is -2.29. The van der Waals surface area contributed by atoms with E-state index >= 15 is 0 Å². The molecular formula is C20H16ClN3O3S. The average molecular weight is 414 g/mol. The Morgan fingerprint density at radius 3 is 2.50 bits per heavy atom. The van der Waals surface area contributed by atoms with Crippen molar-refractivity contribution in [1.82, 2.24) is 9.88 Å². The summed E-state index contributed by atoms with van der Waals surface area (Å²) in [6, 6.07) is 9.82. The summed E-state index contributed by atoms with van der Waals surface area (Å²) in [4.78, 5) is 43.4. The van der Waals surface area contributed by atoms with Gasteiger partial charge in [-0.05, 0) is 57.2 Å². The Bertz CT molecular complexity index is 1160. The summed E-state index contributed by atoms with van der Waals surface area (Å²) in [5, 5.41) is 3.77. The molecule has 0 saturated heterocycles. The molecule has 3 aromatic rings. The Balaban J connectivity index is 1.62. The van der Waals surface area contributed by atoms with Gasteiger partial charge < -0.3 is 0 Å². The van der Waals surface area contributed by atoms with Gasteiger partial charge in [-0.3, -0.25) is 24.6 Å². The third-order valence-corrected chi connectivity index (χ3v) is 5.56. The number of fused-ring (bicyclic) bond motifs is 2. The van der Waals surface area contributed by atoms with Gasteiger partial charge in [0.15, 0.2) is 5.13 Å². The van der Waals surface area contributed by atoms with Crippen LogP contribution in [0.5, 0.6) is 0 Å². The molecule has 1 aliphatic rings. The molecule has 6 nitrogen and oxygen atoms in total. The van der Waals surface area contributed by atoms with E-state index in [0.29, 0.717) is 15.7 Å². The van der Waals surface area contributed by atoms with Crippen molar-refractivity contribution in [3.05, 3.63) is 58.1 Å². The molecular weight excluding hydrogens is 398 g/mol. The second-order valence-electron chi connectivity index (χ2n) is 7.46. The Hall–Kier alpha value is -2.77. The third kappa shape index (κ3) is 3.06. The van der Waals surface area contributed by atoms with E-state index in [9.17, 15) is 14.4 Å². The quantitative estimate of drug-likeness (QED) is 0.623. The SMILES string of the molecule is CC(C)(C)N1C(=O)c2ccc(C(=O)Nc3nc4ccc(Cl)cc4s3)cc2C1=O. The van der Waals surface area contributed by atoms with E-state index in [0.717, 1.165) is 10.2 Å². The van der Waals surface area contributed by atoms with Crippen LogP contribution in [0.15, 0.2) is 36.4 Å². The molecule has 0 unspecified atom stereocenters. The summed E-state index contributed by atoms with van der Waals surface area (Å²) in [6.07, 6.45) is 0. The first kappa shape index (κ1) is 18.6. The predicted octanol–water partition coefficient (Wildman–Crippen LogP) is 4.60. The molecule has 4 rings (SSSR count). The summed E-state index contributed by atoms with van der Waals surface area (Å²) in [5.74, 6) is -1.14. The second-order valence-corrected chi connectivity index (χ2v) is 8.93. The number of thiazole rings is 1. The minimum Gasteiger partial charge on any atom is -0.298 e. The second kappa shape index (κ2) is 6.39. The van der Waals surface area contributed by atoms with E-state index < -0.39 is 17.4 Å². The molecule has 1 N–H and O–H groups in total. The van der Waals surface area contributed by atoms with Crippen LogP contribution >= 0.6 is 22.9 Å². The molecule has 3 amide bonds. The lowest BCUT2D eigenvalue weighted by molar-refractivity contribution is 0.0507. The highest BCUT2D eigenvalue weighted by Crippen LogP contribution is 2.31. The van der Waals surface area contributed by atoms with Crippen LogP contribution in [0.4, 0.5) is 5.13 Å². The van der Waals surface area contributed by atoms with Crippen molar-refractivity contribution in [3.63, 3.8) is 0 Å². The fourth-order valence-corrected chi connectivity index (χ4v) is 4.25. The molecule has 0 aliphatic carbocycles. The molecule has 2 aromatic carbocycles. The number of hydrogen-bond acceptors (Lipinski definition) is 5. The van der Waals surface area contributed by atoms with Crippen LogP contribution in [0.25, 0.3) is 10.2 Å². The van der Waals surface area contributed by atoms with Gasteiger partial charge in [0.1, 0.15) is 0 Å². The van der Waals surface area contributed by atoms with E-state index in [2.05, 4.69) is 10.3 Å². The first-order valence-electron chi connectivity index (χ1n) is 8.55. The van der Waals surface area contributed by atoms with Crippen molar-refractivity contribution in [2.75, 3.05) is 5.32 Å². The van der Waals surface area contributed by atoms with E-state index in [4.69, 9.17) is 11.6 Å². The lowest BCUT2D eigenvalue weighted by Crippen LogP contribution is -2.45. The van der Waals surface area contributed by atoms with E-state index in [1.807, 2.05) is 0 Å². The van der Waals surface area contributed by atoms with Crippen molar-refractivity contribution >= 4 is 56.0 Å². The number of nitrogens with one attached hydrogen (secondary N) is 1. The Labute approximate surface area is 170 Å². The lowest BCUT2D eigenvalue weighted by atomic mass is 10.1. The number of aromatic nitrogens is 1. The molecule has 142 valence electrons. The number of carbonyl (C=O) groups is 3. The minimum atomic E-state index is -0.641. The van der Waals surface area contributed by atoms with Gasteiger partial charge in [0.05, 0.1) is 21.3 Å². The average Bonchev–Trinajstić information content (AvgIpc) is 3.12. The molecule has 0 spiro atoms. The normalized spacial score (nSPS) is 13.9. The zero-order valence-corrected chi connectivity index (χ0v) is 16.9. The molecule has 0 atom stereocenters. The van der Waals surface area contributed by atoms with Crippen LogP contribution in [0.1, 0.15) is 51.8 Å². The fraction of sp³-hybridized carbons (Fsp3) is 0.200. The monoisotopic (exact) mass is 413 g/mol. The van der Waals surface area contributed by atoms with Crippen LogP contribution in [-0.2, 0) is 0 Å². The standard InChI is InChI=1S/C20H16ClN3O3S/c1-20(2,3)24-17(26)12-6-4-10(8-13(12)18(24)27)16(25)23-19-22-14-7-5-11(21)9-15(14)28-19/h4-9H,1-3H3,(H,22,23,25). The molecule has 0 fully saturated rings. The minimum absolute atomic E-state index is 0.239. The van der Waals surface area contributed by atoms with Crippen LogP contribution in [0.3, 0.4) is 0 Å². The third-order valence-electron chi connectivity index (χ3n) is 4.39. The van der Waals surface area contributed by atoms with Gasteiger partial charge in [-0.2, -0.15) is 0 Å². The summed E-state index contributed by atoms with van der Waals surface area (Å²) < 4.78 is 0.860. The van der Waals surface area contributed by atoms with Gasteiger partial charge in [-0.1, -0.05) is 22.9 Å². The zero-order chi connectivity index (χ0) is 20.2. The molecule has 1 aliphatic heterocycles. The maximum atomic E-state index is 12.7. The molecule has 1 aromatic heterocycles. The highest BCUT2D eigenvalue weighted by atomic mass is 35.5. The molecule has 0 saturated carbocycles. The molecule has 2 heterocycles. The number of halogens is 1. The molecule has 8 heteroatoms. The molecule has 28 heavy (non-hydrogen) atoms. The maximum Gasteiger partial charge on any atom is 0.262 e. The first-order valence-corrected chi connectivity index (χ1v) is 9.75. The van der Waals surface area contributed by atoms with E-state index in [1.54, 1.807) is 39.0 Å². The topological polar surface area (TPSA) is 79.4 Å². The predicted molar refractivity (Wildman–Crippen MR) is 109 cm³/mol. The van der Waals surface area contributed by atoms with Crippen LogP contribution in [0.2, 0.25) is 5.02 Å². The Kier molecular flexibility index (Phi) is 4.24. The van der Waals surface area contributed by atoms with Crippen molar-refractivity contribution in [1.29, 1.82) is 0 Å². The van der Waals surface area contributed by atoms with E-state index in [-0.39, 0.29) is 17.0 Å². The Morgan fingerprint density at radius 2 is 1.79 bits per heavy atom. The highest BCUT2D eigenvalue weighted by Gasteiger charge is 2.42. The number of imide groups is 1. The fourth-order valence-electron chi connectivity index (χ4n) is 3.11. The van der Waals surface area contributed by atoms with Crippen molar-refractivity contribution in [2.24, 2.45) is 0 Å². The molecule has 0 radical (unpaired) electrons. The largest absolute Gasteiger partial charge is 0.298 e. The first-order chi connectivity index (χ1) is 13.1. The van der Waals surface area contributed by atoms with Gasteiger partial charge in [-0.25, -0.2) is 4.98 Å². The van der Waals surface area contributed by atoms with Gasteiger partial charge in [0.2, 0.25) is 0 Å². The summed E-state index contributed by atoms with van der Waals surface area (Å²) in [6.45, 7) is 5.38. The summed E-state index contributed by atoms with van der Waals surface area (Å²) in [7, 11) is 0. The number of hydrogen-bond donors (Lipinski definition) is 1. The van der Waals surface area contributed by atoms with Gasteiger partial charge in [0, 0.05) is 16.1 Å². The highest BCUT2D eigenvalue weighted by molar-refractivity contribution is 7.22. The van der Waals surface area contributed by atoms with Gasteiger partial charge >= 0.3 is 0 Å². The number of carbonyl (C=O) groups excluding carboxylic acids is 3. The number of anilines is 1. The summed E-state index contributed by atoms with van der Waals surface area (Å²) in [5.41, 5.74) is 0.931. The maximum absolute atomic E-state index is 12.7. The number of rotatable bonds is 2.